The first-order valence-electron chi connectivity index (χ1n) is 7.17. The van der Waals surface area contributed by atoms with E-state index in [4.69, 9.17) is 5.73 Å². The minimum absolute atomic E-state index is 0.317. The summed E-state index contributed by atoms with van der Waals surface area (Å²) in [5.74, 6) is 0.661. The molecule has 0 aromatic carbocycles. The second-order valence-electron chi connectivity index (χ2n) is 5.44. The summed E-state index contributed by atoms with van der Waals surface area (Å²) in [6.45, 7) is 10.7. The second kappa shape index (κ2) is 5.85. The van der Waals surface area contributed by atoms with Crippen molar-refractivity contribution in [3.63, 3.8) is 0 Å². The van der Waals surface area contributed by atoms with E-state index in [2.05, 4.69) is 41.5 Å². The smallest absolute Gasteiger partial charge is 0.0625 e. The highest BCUT2D eigenvalue weighted by Crippen LogP contribution is 2.21. The number of hydrogen-bond donors (Lipinski definition) is 1. The Morgan fingerprint density at radius 3 is 2.83 bits per heavy atom. The fourth-order valence-corrected chi connectivity index (χ4v) is 2.75. The summed E-state index contributed by atoms with van der Waals surface area (Å²) in [6.07, 6.45) is 2.25. The second-order valence-corrected chi connectivity index (χ2v) is 5.44. The van der Waals surface area contributed by atoms with Gasteiger partial charge in [-0.3, -0.25) is 9.58 Å². The van der Waals surface area contributed by atoms with E-state index >= 15 is 0 Å². The van der Waals surface area contributed by atoms with Gasteiger partial charge in [-0.1, -0.05) is 6.92 Å². The van der Waals surface area contributed by atoms with E-state index in [-0.39, 0.29) is 0 Å². The molecule has 1 aliphatic heterocycles. The Bertz CT molecular complexity index is 383. The summed E-state index contributed by atoms with van der Waals surface area (Å²) in [6, 6.07) is 2.57. The van der Waals surface area contributed by atoms with Gasteiger partial charge in [0.2, 0.25) is 0 Å². The molecule has 1 aromatic rings. The minimum atomic E-state index is 0.317. The van der Waals surface area contributed by atoms with Crippen molar-refractivity contribution in [2.45, 2.75) is 52.7 Å². The normalized spacial score (nSPS) is 22.6. The molecule has 1 saturated heterocycles. The van der Waals surface area contributed by atoms with Gasteiger partial charge in [0.1, 0.15) is 0 Å². The zero-order valence-electron chi connectivity index (χ0n) is 11.9. The van der Waals surface area contributed by atoms with Gasteiger partial charge < -0.3 is 5.73 Å². The van der Waals surface area contributed by atoms with Crippen molar-refractivity contribution < 1.29 is 0 Å². The molecule has 1 fully saturated rings. The van der Waals surface area contributed by atoms with E-state index in [1.165, 1.54) is 24.4 Å². The van der Waals surface area contributed by atoms with E-state index in [0.29, 0.717) is 12.0 Å². The highest BCUT2D eigenvalue weighted by Gasteiger charge is 2.25. The van der Waals surface area contributed by atoms with Crippen LogP contribution < -0.4 is 5.73 Å². The number of nitrogens with zero attached hydrogens (tertiary/aromatic N) is 3. The van der Waals surface area contributed by atoms with Crippen LogP contribution in [-0.2, 0) is 19.5 Å². The number of aromatic nitrogens is 2. The molecule has 18 heavy (non-hydrogen) atoms. The van der Waals surface area contributed by atoms with Gasteiger partial charge in [0.25, 0.3) is 0 Å². The summed E-state index contributed by atoms with van der Waals surface area (Å²) in [5, 5.41) is 4.61. The number of nitrogens with two attached hydrogens (primary N) is 1. The Labute approximate surface area is 110 Å². The van der Waals surface area contributed by atoms with Crippen LogP contribution in [0.2, 0.25) is 0 Å². The van der Waals surface area contributed by atoms with Gasteiger partial charge in [-0.15, -0.1) is 0 Å². The summed E-state index contributed by atoms with van der Waals surface area (Å²) >= 11 is 0. The molecule has 2 N–H and O–H groups in total. The molecule has 0 bridgehead atoms. The van der Waals surface area contributed by atoms with Crippen LogP contribution in [0.25, 0.3) is 0 Å². The molecular weight excluding hydrogens is 224 g/mol. The van der Waals surface area contributed by atoms with E-state index in [9.17, 15) is 0 Å². The van der Waals surface area contributed by atoms with Crippen LogP contribution in [0.3, 0.4) is 0 Å². The van der Waals surface area contributed by atoms with Crippen molar-refractivity contribution in [3.05, 3.63) is 17.5 Å². The average molecular weight is 250 g/mol. The molecule has 2 rings (SSSR count). The van der Waals surface area contributed by atoms with Crippen molar-refractivity contribution >= 4 is 0 Å². The van der Waals surface area contributed by atoms with Crippen LogP contribution in [-0.4, -0.2) is 33.8 Å². The summed E-state index contributed by atoms with van der Waals surface area (Å²) in [5.41, 5.74) is 8.54. The van der Waals surface area contributed by atoms with Crippen molar-refractivity contribution in [1.82, 2.24) is 14.7 Å². The van der Waals surface area contributed by atoms with Gasteiger partial charge in [-0.25, -0.2) is 0 Å². The molecule has 4 nitrogen and oxygen atoms in total. The minimum Gasteiger partial charge on any atom is -0.328 e. The lowest BCUT2D eigenvalue weighted by molar-refractivity contribution is 0.298. The van der Waals surface area contributed by atoms with Gasteiger partial charge in [-0.2, -0.15) is 5.10 Å². The van der Waals surface area contributed by atoms with E-state index in [1.54, 1.807) is 0 Å². The van der Waals surface area contributed by atoms with Crippen molar-refractivity contribution in [2.75, 3.05) is 13.1 Å². The maximum Gasteiger partial charge on any atom is 0.0625 e. The van der Waals surface area contributed by atoms with Crippen LogP contribution in [0, 0.1) is 5.92 Å². The molecule has 0 aliphatic carbocycles. The fraction of sp³-hybridized carbons (Fsp3) is 0.786. The van der Waals surface area contributed by atoms with Crippen molar-refractivity contribution in [2.24, 2.45) is 11.7 Å². The maximum atomic E-state index is 5.99. The molecule has 2 unspecified atom stereocenters. The van der Waals surface area contributed by atoms with Gasteiger partial charge in [0, 0.05) is 25.7 Å². The van der Waals surface area contributed by atoms with E-state index in [0.717, 1.165) is 26.1 Å². The lowest BCUT2D eigenvalue weighted by Gasteiger charge is -2.18. The molecule has 0 radical (unpaired) electrons. The average Bonchev–Trinajstić information content (AvgIpc) is 2.96. The van der Waals surface area contributed by atoms with Crippen LogP contribution in [0.1, 0.15) is 38.6 Å². The van der Waals surface area contributed by atoms with Gasteiger partial charge in [-0.05, 0) is 45.2 Å². The van der Waals surface area contributed by atoms with E-state index in [1.807, 2.05) is 0 Å². The third-order valence-corrected chi connectivity index (χ3v) is 4.01. The van der Waals surface area contributed by atoms with Crippen LogP contribution >= 0.6 is 0 Å². The molecule has 0 spiro atoms. The highest BCUT2D eigenvalue weighted by molar-refractivity contribution is 5.10. The zero-order valence-corrected chi connectivity index (χ0v) is 11.9. The molecular formula is C14H26N4. The third-order valence-electron chi connectivity index (χ3n) is 4.01. The molecule has 102 valence electrons. The highest BCUT2D eigenvalue weighted by atomic mass is 15.3. The third kappa shape index (κ3) is 2.93. The first-order chi connectivity index (χ1) is 8.63. The molecule has 2 heterocycles. The Kier molecular flexibility index (Phi) is 4.40. The quantitative estimate of drug-likeness (QED) is 0.864. The Morgan fingerprint density at radius 1 is 1.50 bits per heavy atom. The van der Waals surface area contributed by atoms with Crippen LogP contribution in [0.5, 0.6) is 0 Å². The molecule has 0 saturated carbocycles. The zero-order chi connectivity index (χ0) is 13.1. The Hall–Kier alpha value is -0.870. The topological polar surface area (TPSA) is 47.1 Å². The van der Waals surface area contributed by atoms with Gasteiger partial charge in [0.05, 0.1) is 11.4 Å². The molecule has 2 atom stereocenters. The van der Waals surface area contributed by atoms with E-state index < -0.39 is 0 Å². The van der Waals surface area contributed by atoms with Gasteiger partial charge >= 0.3 is 0 Å². The number of likely N-dealkylation sites (tertiary alicyclic amines) is 1. The number of hydrogen-bond acceptors (Lipinski definition) is 3. The predicted molar refractivity (Wildman–Crippen MR) is 74.3 cm³/mol. The first kappa shape index (κ1) is 13.6. The molecule has 0 amide bonds. The fourth-order valence-electron chi connectivity index (χ4n) is 2.75. The van der Waals surface area contributed by atoms with Crippen LogP contribution in [0.4, 0.5) is 0 Å². The standard InChI is InChI=1S/C14H26N4/c1-4-13-8-14(18(5-2)16-13)10-17-7-6-12(9-17)11(3)15/h8,11-12H,4-7,9-10,15H2,1-3H3. The monoisotopic (exact) mass is 250 g/mol. The van der Waals surface area contributed by atoms with Crippen molar-refractivity contribution in [3.8, 4) is 0 Å². The Balaban J connectivity index is 1.99. The summed E-state index contributed by atoms with van der Waals surface area (Å²) in [7, 11) is 0. The summed E-state index contributed by atoms with van der Waals surface area (Å²) < 4.78 is 2.14. The first-order valence-corrected chi connectivity index (χ1v) is 7.17. The lowest BCUT2D eigenvalue weighted by Crippen LogP contribution is -2.30. The molecule has 1 aromatic heterocycles. The molecule has 1 aliphatic rings. The Morgan fingerprint density at radius 2 is 2.28 bits per heavy atom. The van der Waals surface area contributed by atoms with Crippen molar-refractivity contribution in [1.29, 1.82) is 0 Å². The number of aryl methyl sites for hydroxylation is 2. The largest absolute Gasteiger partial charge is 0.328 e. The molecule has 4 heteroatoms. The number of rotatable bonds is 5. The maximum absolute atomic E-state index is 5.99. The van der Waals surface area contributed by atoms with Gasteiger partial charge in [0.15, 0.2) is 0 Å². The predicted octanol–water partition coefficient (Wildman–Crippen LogP) is 1.63. The SMILES string of the molecule is CCc1cc(CN2CCC(C(C)N)C2)n(CC)n1. The van der Waals surface area contributed by atoms with Crippen LogP contribution in [0.15, 0.2) is 6.07 Å². The lowest BCUT2D eigenvalue weighted by atomic mass is 10.0. The summed E-state index contributed by atoms with van der Waals surface area (Å²) in [4.78, 5) is 2.51.